The smallest absolute Gasteiger partial charge is 0.310 e. The maximum absolute atomic E-state index is 12.4. The van der Waals surface area contributed by atoms with E-state index in [2.05, 4.69) is 50.2 Å². The number of carbonyl (C=O) groups is 1. The van der Waals surface area contributed by atoms with Crippen LogP contribution in [0.25, 0.3) is 22.3 Å². The van der Waals surface area contributed by atoms with Crippen molar-refractivity contribution in [3.63, 3.8) is 0 Å². The quantitative estimate of drug-likeness (QED) is 0.231. The zero-order chi connectivity index (χ0) is 21.6. The molecule has 156 valence electrons. The van der Waals surface area contributed by atoms with Gasteiger partial charge in [0.15, 0.2) is 0 Å². The molecule has 0 spiro atoms. The lowest BCUT2D eigenvalue weighted by atomic mass is 9.85. The fourth-order valence-electron chi connectivity index (χ4n) is 3.80. The van der Waals surface area contributed by atoms with E-state index in [4.69, 9.17) is 17.4 Å². The van der Waals surface area contributed by atoms with Gasteiger partial charge >= 0.3 is 5.97 Å². The zero-order valence-corrected chi connectivity index (χ0v) is 18.9. The number of benzene rings is 3. The van der Waals surface area contributed by atoms with Gasteiger partial charge in [-0.05, 0) is 41.7 Å². The Morgan fingerprint density at radius 3 is 1.77 bits per heavy atom. The van der Waals surface area contributed by atoms with Crippen LogP contribution in [-0.4, -0.2) is 5.97 Å². The summed E-state index contributed by atoms with van der Waals surface area (Å²) in [5.74, 6) is 0.379. The lowest BCUT2D eigenvalue weighted by Crippen LogP contribution is -2.18. The fourth-order valence-corrected chi connectivity index (χ4v) is 4.15. The van der Waals surface area contributed by atoms with E-state index in [0.717, 1.165) is 47.1 Å². The molecule has 1 atom stereocenters. The van der Waals surface area contributed by atoms with Gasteiger partial charge in [0.05, 0.1) is 0 Å². The lowest BCUT2D eigenvalue weighted by Gasteiger charge is -2.30. The molecule has 0 radical (unpaired) electrons. The highest BCUT2D eigenvalue weighted by Gasteiger charge is 2.28. The topological polar surface area (TPSA) is 26.3 Å². The highest BCUT2D eigenvalue weighted by atomic mass is 32.1. The minimum atomic E-state index is -0.241. The summed E-state index contributed by atoms with van der Waals surface area (Å²) in [6.45, 7) is 6.18. The molecule has 3 rings (SSSR count). The van der Waals surface area contributed by atoms with E-state index in [1.165, 1.54) is 0 Å². The van der Waals surface area contributed by atoms with E-state index >= 15 is 0 Å². The first-order valence-corrected chi connectivity index (χ1v) is 11.2. The molecular formula is C27H30O2S. The maximum Gasteiger partial charge on any atom is 0.310 e. The maximum atomic E-state index is 12.4. The molecule has 0 amide bonds. The zero-order valence-electron chi connectivity index (χ0n) is 18.0. The molecule has 2 nitrogen and oxygen atoms in total. The highest BCUT2D eigenvalue weighted by Crippen LogP contribution is 2.46. The van der Waals surface area contributed by atoms with E-state index < -0.39 is 0 Å². The number of rotatable bonds is 8. The average Bonchev–Trinajstić information content (AvgIpc) is 2.80. The van der Waals surface area contributed by atoms with Crippen LogP contribution in [0.5, 0.6) is 5.75 Å². The van der Waals surface area contributed by atoms with Crippen LogP contribution in [0.15, 0.2) is 72.8 Å². The van der Waals surface area contributed by atoms with Crippen LogP contribution in [0.3, 0.4) is 0 Å². The molecule has 30 heavy (non-hydrogen) atoms. The molecule has 0 aliphatic rings. The van der Waals surface area contributed by atoms with E-state index in [1.807, 2.05) is 43.3 Å². The summed E-state index contributed by atoms with van der Waals surface area (Å²) < 4.78 is 5.69. The number of ether oxygens (including phenoxy) is 1. The molecule has 0 aliphatic heterocycles. The standard InChI is InChI=1S/C27H30O2S/c1-4-17-27(30,6-3)22-18-23(20-13-9-7-10-14-20)26(29-25(28)5-2)24(19-22)21-15-11-8-12-16-21/h7-16,18-19,30H,4-6,17H2,1-3H3. The van der Waals surface area contributed by atoms with Crippen molar-refractivity contribution < 1.29 is 9.53 Å². The van der Waals surface area contributed by atoms with Crippen LogP contribution in [0, 0.1) is 0 Å². The molecule has 3 aromatic rings. The largest absolute Gasteiger partial charge is 0.425 e. The van der Waals surface area contributed by atoms with Gasteiger partial charge in [-0.3, -0.25) is 4.79 Å². The van der Waals surface area contributed by atoms with Gasteiger partial charge in [-0.25, -0.2) is 0 Å². The third-order valence-corrected chi connectivity index (χ3v) is 6.35. The molecule has 0 bridgehead atoms. The summed E-state index contributed by atoms with van der Waals surface area (Å²) in [4.78, 5) is 12.4. The van der Waals surface area contributed by atoms with Crippen LogP contribution in [0.2, 0.25) is 0 Å². The van der Waals surface area contributed by atoms with Crippen molar-refractivity contribution in [2.24, 2.45) is 0 Å². The first kappa shape index (κ1) is 22.2. The molecule has 0 N–H and O–H groups in total. The molecular weight excluding hydrogens is 388 g/mol. The molecule has 0 fully saturated rings. The lowest BCUT2D eigenvalue weighted by molar-refractivity contribution is -0.133. The van der Waals surface area contributed by atoms with Crippen molar-refractivity contribution in [2.75, 3.05) is 0 Å². The Kier molecular flexibility index (Phi) is 7.38. The molecule has 0 saturated carbocycles. The molecule has 0 heterocycles. The van der Waals surface area contributed by atoms with Gasteiger partial charge in [-0.15, -0.1) is 0 Å². The van der Waals surface area contributed by atoms with E-state index in [-0.39, 0.29) is 10.7 Å². The summed E-state index contributed by atoms with van der Waals surface area (Å²) in [5.41, 5.74) is 5.06. The second-order valence-electron chi connectivity index (χ2n) is 7.60. The van der Waals surface area contributed by atoms with Crippen molar-refractivity contribution in [1.29, 1.82) is 0 Å². The van der Waals surface area contributed by atoms with Gasteiger partial charge in [-0.2, -0.15) is 12.6 Å². The summed E-state index contributed by atoms with van der Waals surface area (Å²) in [5, 5.41) is 0. The predicted molar refractivity (Wildman–Crippen MR) is 129 cm³/mol. The Bertz CT molecular complexity index is 922. The van der Waals surface area contributed by atoms with E-state index in [9.17, 15) is 4.79 Å². The van der Waals surface area contributed by atoms with Gasteiger partial charge in [-0.1, -0.05) is 87.9 Å². The van der Waals surface area contributed by atoms with Gasteiger partial charge in [0.25, 0.3) is 0 Å². The van der Waals surface area contributed by atoms with Gasteiger partial charge in [0.1, 0.15) is 5.75 Å². The molecule has 0 aliphatic carbocycles. The van der Waals surface area contributed by atoms with Gasteiger partial charge in [0.2, 0.25) is 0 Å². The summed E-state index contributed by atoms with van der Waals surface area (Å²) in [6, 6.07) is 24.6. The van der Waals surface area contributed by atoms with Crippen LogP contribution >= 0.6 is 12.6 Å². The summed E-state index contributed by atoms with van der Waals surface area (Å²) in [7, 11) is 0. The predicted octanol–water partition coefficient (Wildman–Crippen LogP) is 7.67. The Balaban J connectivity index is 2.34. The van der Waals surface area contributed by atoms with Crippen molar-refractivity contribution in [2.45, 2.75) is 51.2 Å². The number of carbonyl (C=O) groups excluding carboxylic acids is 1. The number of thiol groups is 1. The summed E-state index contributed by atoms with van der Waals surface area (Å²) in [6.07, 6.45) is 3.26. The Labute approximate surface area is 185 Å². The average molecular weight is 419 g/mol. The van der Waals surface area contributed by atoms with E-state index in [0.29, 0.717) is 12.2 Å². The monoisotopic (exact) mass is 418 g/mol. The van der Waals surface area contributed by atoms with Crippen molar-refractivity contribution in [3.05, 3.63) is 78.4 Å². The van der Waals surface area contributed by atoms with Gasteiger partial charge in [0, 0.05) is 22.3 Å². The fraction of sp³-hybridized carbons (Fsp3) is 0.296. The van der Waals surface area contributed by atoms with Crippen LogP contribution < -0.4 is 4.74 Å². The molecule has 0 aromatic heterocycles. The highest BCUT2D eigenvalue weighted by molar-refractivity contribution is 7.81. The van der Waals surface area contributed by atoms with Crippen LogP contribution in [0.4, 0.5) is 0 Å². The van der Waals surface area contributed by atoms with Crippen molar-refractivity contribution in [3.8, 4) is 28.0 Å². The Morgan fingerprint density at radius 1 is 0.867 bits per heavy atom. The van der Waals surface area contributed by atoms with Crippen LogP contribution in [0.1, 0.15) is 52.0 Å². The number of hydrogen-bond acceptors (Lipinski definition) is 3. The first-order chi connectivity index (χ1) is 14.5. The minimum Gasteiger partial charge on any atom is -0.425 e. The van der Waals surface area contributed by atoms with Gasteiger partial charge < -0.3 is 4.74 Å². The number of esters is 1. The van der Waals surface area contributed by atoms with E-state index in [1.54, 1.807) is 0 Å². The third kappa shape index (κ3) is 4.79. The molecule has 3 aromatic carbocycles. The Hall–Kier alpha value is -2.52. The summed E-state index contributed by atoms with van der Waals surface area (Å²) >= 11 is 5.12. The number of hydrogen-bond donors (Lipinski definition) is 1. The molecule has 0 saturated heterocycles. The Morgan fingerprint density at radius 2 is 1.37 bits per heavy atom. The normalized spacial score (nSPS) is 12.9. The third-order valence-electron chi connectivity index (χ3n) is 5.55. The van der Waals surface area contributed by atoms with Crippen LogP contribution in [-0.2, 0) is 9.54 Å². The SMILES string of the molecule is CCCC(S)(CC)c1cc(-c2ccccc2)c(OC(=O)CC)c(-c2ccccc2)c1. The molecule has 3 heteroatoms. The second-order valence-corrected chi connectivity index (χ2v) is 8.45. The molecule has 1 unspecified atom stereocenters. The van der Waals surface area contributed by atoms with Crippen molar-refractivity contribution in [1.82, 2.24) is 0 Å². The minimum absolute atomic E-state index is 0.238. The second kappa shape index (κ2) is 9.99. The first-order valence-electron chi connectivity index (χ1n) is 10.7. The van der Waals surface area contributed by atoms with Crippen molar-refractivity contribution >= 4 is 18.6 Å².